The Kier molecular flexibility index (Phi) is 3.99. The van der Waals surface area contributed by atoms with E-state index in [0.717, 1.165) is 12.1 Å². The van der Waals surface area contributed by atoms with Crippen LogP contribution >= 0.6 is 0 Å². The number of hydrogen-bond donors (Lipinski definition) is 0. The fourth-order valence-electron chi connectivity index (χ4n) is 2.18. The van der Waals surface area contributed by atoms with Gasteiger partial charge in [-0.2, -0.15) is 0 Å². The van der Waals surface area contributed by atoms with Gasteiger partial charge in [0.25, 0.3) is 11.6 Å². The lowest BCUT2D eigenvalue weighted by atomic mass is 10.1. The first-order valence-electron chi connectivity index (χ1n) is 6.25. The fourth-order valence-corrected chi connectivity index (χ4v) is 2.18. The maximum atomic E-state index is 14.0. The molecule has 1 unspecified atom stereocenters. The number of rotatable bonds is 2. The van der Waals surface area contributed by atoms with Crippen LogP contribution in [0.25, 0.3) is 0 Å². The first kappa shape index (κ1) is 14.4. The van der Waals surface area contributed by atoms with E-state index in [1.165, 1.54) is 11.8 Å². The van der Waals surface area contributed by atoms with E-state index in [1.54, 1.807) is 0 Å². The summed E-state index contributed by atoms with van der Waals surface area (Å²) in [5, 5.41) is 10.8. The minimum absolute atomic E-state index is 0.0869. The lowest BCUT2D eigenvalue weighted by Crippen LogP contribution is -2.44. The monoisotopic (exact) mass is 282 g/mol. The third-order valence-electron chi connectivity index (χ3n) is 3.21. The average molecular weight is 282 g/mol. The smallest absolute Gasteiger partial charge is 0.270 e. The average Bonchev–Trinajstić information content (AvgIpc) is 2.40. The second kappa shape index (κ2) is 5.54. The van der Waals surface area contributed by atoms with Gasteiger partial charge in [-0.05, 0) is 19.4 Å². The molecule has 2 rings (SSSR count). The first-order valence-corrected chi connectivity index (χ1v) is 6.25. The van der Waals surface area contributed by atoms with Crippen LogP contribution in [0.15, 0.2) is 12.1 Å². The highest BCUT2D eigenvalue weighted by Crippen LogP contribution is 2.23. The Balaban J connectivity index is 2.35. The summed E-state index contributed by atoms with van der Waals surface area (Å²) in [6.07, 6.45) is -0.129. The van der Waals surface area contributed by atoms with Crippen LogP contribution in [0.4, 0.5) is 10.1 Å². The quantitative estimate of drug-likeness (QED) is 0.613. The van der Waals surface area contributed by atoms with Gasteiger partial charge in [-0.25, -0.2) is 4.39 Å². The summed E-state index contributed by atoms with van der Waals surface area (Å²) < 4.78 is 19.4. The van der Waals surface area contributed by atoms with Gasteiger partial charge in [0.15, 0.2) is 0 Å². The number of nitro benzene ring substituents is 1. The van der Waals surface area contributed by atoms with E-state index >= 15 is 0 Å². The van der Waals surface area contributed by atoms with Gasteiger partial charge in [-0.15, -0.1) is 0 Å². The van der Waals surface area contributed by atoms with Crippen molar-refractivity contribution in [2.75, 3.05) is 19.7 Å². The molecule has 1 heterocycles. The predicted molar refractivity (Wildman–Crippen MR) is 69.1 cm³/mol. The zero-order valence-corrected chi connectivity index (χ0v) is 11.3. The standard InChI is InChI=1S/C13H15FN2O4/c1-8-5-10(16(18)19)6-11(12(8)14)13(17)15-3-4-20-9(2)7-15/h5-6,9H,3-4,7H2,1-2H3. The first-order chi connectivity index (χ1) is 9.40. The van der Waals surface area contributed by atoms with E-state index in [-0.39, 0.29) is 22.9 Å². The van der Waals surface area contributed by atoms with E-state index in [0.29, 0.717) is 19.7 Å². The Hall–Kier alpha value is -2.02. The lowest BCUT2D eigenvalue weighted by molar-refractivity contribution is -0.385. The van der Waals surface area contributed by atoms with Crippen molar-refractivity contribution < 1.29 is 18.8 Å². The van der Waals surface area contributed by atoms with Crippen LogP contribution in [0, 0.1) is 22.9 Å². The van der Waals surface area contributed by atoms with Crippen LogP contribution in [-0.4, -0.2) is 41.5 Å². The Morgan fingerprint density at radius 1 is 1.55 bits per heavy atom. The summed E-state index contributed by atoms with van der Waals surface area (Å²) in [4.78, 5) is 23.9. The van der Waals surface area contributed by atoms with Crippen LogP contribution in [-0.2, 0) is 4.74 Å². The highest BCUT2D eigenvalue weighted by Gasteiger charge is 2.27. The Bertz CT molecular complexity index is 562. The zero-order chi connectivity index (χ0) is 14.9. The molecule has 0 aliphatic carbocycles. The number of nitro groups is 1. The number of ether oxygens (including phenoxy) is 1. The van der Waals surface area contributed by atoms with Gasteiger partial charge in [0.05, 0.1) is 23.2 Å². The van der Waals surface area contributed by atoms with Crippen molar-refractivity contribution in [1.29, 1.82) is 0 Å². The predicted octanol–water partition coefficient (Wildman–Crippen LogP) is 1.90. The summed E-state index contributed by atoms with van der Waals surface area (Å²) >= 11 is 0. The van der Waals surface area contributed by atoms with Crippen LogP contribution in [0.5, 0.6) is 0 Å². The third kappa shape index (κ3) is 2.77. The number of aryl methyl sites for hydroxylation is 1. The number of benzene rings is 1. The number of hydrogen-bond acceptors (Lipinski definition) is 4. The molecule has 1 atom stereocenters. The van der Waals surface area contributed by atoms with E-state index in [4.69, 9.17) is 4.74 Å². The summed E-state index contributed by atoms with van der Waals surface area (Å²) in [6, 6.07) is 2.11. The van der Waals surface area contributed by atoms with Gasteiger partial charge < -0.3 is 9.64 Å². The molecule has 0 N–H and O–H groups in total. The van der Waals surface area contributed by atoms with E-state index in [9.17, 15) is 19.3 Å². The second-order valence-electron chi connectivity index (χ2n) is 4.81. The topological polar surface area (TPSA) is 72.7 Å². The molecule has 1 amide bonds. The molecule has 108 valence electrons. The van der Waals surface area contributed by atoms with Crippen molar-refractivity contribution in [3.8, 4) is 0 Å². The van der Waals surface area contributed by atoms with Crippen molar-refractivity contribution in [3.63, 3.8) is 0 Å². The van der Waals surface area contributed by atoms with Crippen molar-refractivity contribution in [1.82, 2.24) is 4.90 Å². The number of carbonyl (C=O) groups is 1. The SMILES string of the molecule is Cc1cc([N+](=O)[O-])cc(C(=O)N2CCOC(C)C2)c1F. The number of halogens is 1. The molecule has 1 aliphatic rings. The van der Waals surface area contributed by atoms with E-state index in [1.807, 2.05) is 6.92 Å². The molecular weight excluding hydrogens is 267 g/mol. The summed E-state index contributed by atoms with van der Waals surface area (Å²) in [6.45, 7) is 4.29. The minimum atomic E-state index is -0.709. The molecule has 1 aliphatic heterocycles. The Labute approximate surface area is 115 Å². The largest absolute Gasteiger partial charge is 0.375 e. The maximum absolute atomic E-state index is 14.0. The summed E-state index contributed by atoms with van der Waals surface area (Å²) in [5.74, 6) is -1.25. The van der Waals surface area contributed by atoms with Crippen LogP contribution in [0.3, 0.4) is 0 Å². The molecule has 0 saturated carbocycles. The van der Waals surface area contributed by atoms with Crippen molar-refractivity contribution >= 4 is 11.6 Å². The van der Waals surface area contributed by atoms with Crippen LogP contribution in [0.2, 0.25) is 0 Å². The summed E-state index contributed by atoms with van der Waals surface area (Å²) in [5.41, 5.74) is -0.455. The molecule has 6 nitrogen and oxygen atoms in total. The molecule has 0 bridgehead atoms. The van der Waals surface area contributed by atoms with Gasteiger partial charge in [0.2, 0.25) is 0 Å². The van der Waals surface area contributed by atoms with Crippen molar-refractivity contribution in [2.45, 2.75) is 20.0 Å². The molecule has 0 spiro atoms. The molecule has 7 heteroatoms. The zero-order valence-electron chi connectivity index (χ0n) is 11.3. The second-order valence-corrected chi connectivity index (χ2v) is 4.81. The molecule has 0 aromatic heterocycles. The van der Waals surface area contributed by atoms with Gasteiger partial charge in [0, 0.05) is 25.2 Å². The fraction of sp³-hybridized carbons (Fsp3) is 0.462. The lowest BCUT2D eigenvalue weighted by Gasteiger charge is -2.31. The third-order valence-corrected chi connectivity index (χ3v) is 3.21. The number of morpholine rings is 1. The number of amides is 1. The van der Waals surface area contributed by atoms with Crippen LogP contribution < -0.4 is 0 Å². The molecule has 0 radical (unpaired) electrons. The molecule has 20 heavy (non-hydrogen) atoms. The Morgan fingerprint density at radius 2 is 2.25 bits per heavy atom. The molecule has 1 aromatic carbocycles. The molecule has 1 fully saturated rings. The van der Waals surface area contributed by atoms with E-state index in [2.05, 4.69) is 0 Å². The van der Waals surface area contributed by atoms with Gasteiger partial charge >= 0.3 is 0 Å². The number of carbonyl (C=O) groups excluding carboxylic acids is 1. The van der Waals surface area contributed by atoms with Crippen LogP contribution in [0.1, 0.15) is 22.8 Å². The summed E-state index contributed by atoms with van der Waals surface area (Å²) in [7, 11) is 0. The molecule has 1 saturated heterocycles. The highest BCUT2D eigenvalue weighted by molar-refractivity contribution is 5.95. The van der Waals surface area contributed by atoms with Gasteiger partial charge in [-0.1, -0.05) is 0 Å². The normalized spacial score (nSPS) is 18.9. The Morgan fingerprint density at radius 3 is 2.85 bits per heavy atom. The van der Waals surface area contributed by atoms with Gasteiger partial charge in [0.1, 0.15) is 5.82 Å². The maximum Gasteiger partial charge on any atom is 0.270 e. The minimum Gasteiger partial charge on any atom is -0.375 e. The van der Waals surface area contributed by atoms with Gasteiger partial charge in [-0.3, -0.25) is 14.9 Å². The molecule has 1 aromatic rings. The number of nitrogens with zero attached hydrogens (tertiary/aromatic N) is 2. The van der Waals surface area contributed by atoms with Crippen molar-refractivity contribution in [2.24, 2.45) is 0 Å². The molecular formula is C13H15FN2O4. The number of non-ortho nitro benzene ring substituents is 1. The highest BCUT2D eigenvalue weighted by atomic mass is 19.1. The van der Waals surface area contributed by atoms with E-state index < -0.39 is 16.6 Å². The van der Waals surface area contributed by atoms with Crippen molar-refractivity contribution in [3.05, 3.63) is 39.2 Å².